The Balaban J connectivity index is 1.56. The molecular formula is C23H22N2O5S2. The molecule has 1 saturated heterocycles. The van der Waals surface area contributed by atoms with Gasteiger partial charge >= 0.3 is 5.97 Å². The number of thiocarbonyl (C=S) groups is 1. The number of amides is 1. The number of rotatable bonds is 6. The molecular weight excluding hydrogens is 448 g/mol. The third-order valence-corrected chi connectivity index (χ3v) is 6.81. The SMILES string of the molecule is CCC(C)C(C(=O)OC)N1C(=O)C(=Cc2ccc(-c3ccc4c(c3)OCO4)nc2)SC1=S. The maximum Gasteiger partial charge on any atom is 0.329 e. The zero-order valence-corrected chi connectivity index (χ0v) is 19.5. The third-order valence-electron chi connectivity index (χ3n) is 5.48. The molecule has 2 aliphatic heterocycles. The van der Waals surface area contributed by atoms with Crippen LogP contribution in [-0.4, -0.2) is 46.0 Å². The van der Waals surface area contributed by atoms with Crippen molar-refractivity contribution in [2.75, 3.05) is 13.9 Å². The van der Waals surface area contributed by atoms with Crippen LogP contribution >= 0.6 is 24.0 Å². The van der Waals surface area contributed by atoms with Crippen molar-refractivity contribution in [3.8, 4) is 22.8 Å². The van der Waals surface area contributed by atoms with E-state index in [-0.39, 0.29) is 18.6 Å². The van der Waals surface area contributed by atoms with Crippen molar-refractivity contribution in [3.63, 3.8) is 0 Å². The number of nitrogens with zero attached hydrogens (tertiary/aromatic N) is 2. The van der Waals surface area contributed by atoms with Crippen LogP contribution in [0.15, 0.2) is 41.4 Å². The molecule has 0 radical (unpaired) electrons. The summed E-state index contributed by atoms with van der Waals surface area (Å²) in [4.78, 5) is 31.8. The van der Waals surface area contributed by atoms with E-state index >= 15 is 0 Å². The molecule has 0 aliphatic carbocycles. The Morgan fingerprint density at radius 2 is 2.09 bits per heavy atom. The molecule has 0 bridgehead atoms. The molecule has 7 nitrogen and oxygen atoms in total. The number of carbonyl (C=O) groups is 2. The van der Waals surface area contributed by atoms with E-state index < -0.39 is 12.0 Å². The molecule has 9 heteroatoms. The van der Waals surface area contributed by atoms with Crippen LogP contribution in [0.3, 0.4) is 0 Å². The lowest BCUT2D eigenvalue weighted by molar-refractivity contribution is -0.150. The Morgan fingerprint density at radius 1 is 1.31 bits per heavy atom. The predicted octanol–water partition coefficient (Wildman–Crippen LogP) is 4.27. The largest absolute Gasteiger partial charge is 0.467 e. The molecule has 1 fully saturated rings. The molecule has 1 aromatic carbocycles. The van der Waals surface area contributed by atoms with E-state index in [9.17, 15) is 9.59 Å². The van der Waals surface area contributed by atoms with Crippen LogP contribution in [0, 0.1) is 5.92 Å². The van der Waals surface area contributed by atoms with E-state index in [4.69, 9.17) is 26.4 Å². The van der Waals surface area contributed by atoms with Crippen LogP contribution in [0.2, 0.25) is 0 Å². The number of pyridine rings is 1. The maximum atomic E-state index is 13.1. The Labute approximate surface area is 195 Å². The summed E-state index contributed by atoms with van der Waals surface area (Å²) in [6.45, 7) is 4.08. The summed E-state index contributed by atoms with van der Waals surface area (Å²) >= 11 is 6.60. The van der Waals surface area contributed by atoms with Gasteiger partial charge in [-0.15, -0.1) is 0 Å². The van der Waals surface area contributed by atoms with Crippen LogP contribution in [0.1, 0.15) is 25.8 Å². The zero-order valence-electron chi connectivity index (χ0n) is 17.9. The molecule has 32 heavy (non-hydrogen) atoms. The number of benzene rings is 1. The fourth-order valence-electron chi connectivity index (χ4n) is 3.52. The Kier molecular flexibility index (Phi) is 6.48. The van der Waals surface area contributed by atoms with E-state index in [0.717, 1.165) is 22.6 Å². The van der Waals surface area contributed by atoms with Gasteiger partial charge in [0.15, 0.2) is 11.5 Å². The molecule has 1 aromatic heterocycles. The number of hydrogen-bond acceptors (Lipinski definition) is 8. The Bertz CT molecular complexity index is 1100. The lowest BCUT2D eigenvalue weighted by Gasteiger charge is -2.28. The number of aromatic nitrogens is 1. The topological polar surface area (TPSA) is 78.0 Å². The van der Waals surface area contributed by atoms with Crippen LogP contribution in [0.25, 0.3) is 17.3 Å². The lowest BCUT2D eigenvalue weighted by atomic mass is 9.98. The highest BCUT2D eigenvalue weighted by atomic mass is 32.2. The number of esters is 1. The van der Waals surface area contributed by atoms with E-state index in [2.05, 4.69) is 4.98 Å². The highest BCUT2D eigenvalue weighted by Crippen LogP contribution is 2.37. The first-order valence-corrected chi connectivity index (χ1v) is 11.4. The molecule has 0 N–H and O–H groups in total. The van der Waals surface area contributed by atoms with Crippen molar-refractivity contribution in [2.24, 2.45) is 5.92 Å². The van der Waals surface area contributed by atoms with E-state index in [1.54, 1.807) is 12.3 Å². The maximum absolute atomic E-state index is 13.1. The van der Waals surface area contributed by atoms with Crippen molar-refractivity contribution >= 4 is 46.3 Å². The van der Waals surface area contributed by atoms with Gasteiger partial charge in [0.2, 0.25) is 6.79 Å². The van der Waals surface area contributed by atoms with Gasteiger partial charge in [0.25, 0.3) is 5.91 Å². The summed E-state index contributed by atoms with van der Waals surface area (Å²) in [7, 11) is 1.32. The number of thioether (sulfide) groups is 1. The number of fused-ring (bicyclic) bond motifs is 1. The van der Waals surface area contributed by atoms with Crippen molar-refractivity contribution in [3.05, 3.63) is 47.0 Å². The lowest BCUT2D eigenvalue weighted by Crippen LogP contribution is -2.48. The van der Waals surface area contributed by atoms with E-state index in [1.165, 1.54) is 23.8 Å². The highest BCUT2D eigenvalue weighted by molar-refractivity contribution is 8.26. The summed E-state index contributed by atoms with van der Waals surface area (Å²) in [5, 5.41) is 0. The van der Waals surface area contributed by atoms with Gasteiger partial charge in [0.05, 0.1) is 17.7 Å². The minimum atomic E-state index is -0.741. The Morgan fingerprint density at radius 3 is 2.78 bits per heavy atom. The van der Waals surface area contributed by atoms with Gasteiger partial charge < -0.3 is 14.2 Å². The van der Waals surface area contributed by atoms with Gasteiger partial charge in [-0.1, -0.05) is 50.3 Å². The smallest absolute Gasteiger partial charge is 0.329 e. The molecule has 2 aromatic rings. The normalized spacial score (nSPS) is 18.2. The van der Waals surface area contributed by atoms with Gasteiger partial charge in [-0.25, -0.2) is 4.79 Å². The van der Waals surface area contributed by atoms with Crippen molar-refractivity contribution in [1.29, 1.82) is 0 Å². The van der Waals surface area contributed by atoms with Crippen molar-refractivity contribution in [1.82, 2.24) is 9.88 Å². The van der Waals surface area contributed by atoms with Crippen LogP contribution < -0.4 is 9.47 Å². The average molecular weight is 471 g/mol. The quantitative estimate of drug-likeness (QED) is 0.352. The molecule has 4 rings (SSSR count). The molecule has 2 atom stereocenters. The minimum Gasteiger partial charge on any atom is -0.467 e. The van der Waals surface area contributed by atoms with Gasteiger partial charge in [-0.2, -0.15) is 0 Å². The number of methoxy groups -OCH3 is 1. The second kappa shape index (κ2) is 9.30. The van der Waals surface area contributed by atoms with Crippen LogP contribution in [0.5, 0.6) is 11.5 Å². The number of carbonyl (C=O) groups excluding carboxylic acids is 2. The predicted molar refractivity (Wildman–Crippen MR) is 126 cm³/mol. The van der Waals surface area contributed by atoms with Gasteiger partial charge in [0.1, 0.15) is 10.4 Å². The molecule has 2 unspecified atom stereocenters. The third kappa shape index (κ3) is 4.22. The summed E-state index contributed by atoms with van der Waals surface area (Å²) < 4.78 is 16.0. The summed E-state index contributed by atoms with van der Waals surface area (Å²) in [5.41, 5.74) is 2.44. The van der Waals surface area contributed by atoms with Crippen LogP contribution in [-0.2, 0) is 14.3 Å². The molecule has 1 amide bonds. The van der Waals surface area contributed by atoms with Gasteiger partial charge in [-0.3, -0.25) is 14.7 Å². The van der Waals surface area contributed by atoms with Gasteiger partial charge in [-0.05, 0) is 41.8 Å². The van der Waals surface area contributed by atoms with E-state index in [1.807, 2.05) is 44.2 Å². The summed E-state index contributed by atoms with van der Waals surface area (Å²) in [5.74, 6) is 0.558. The van der Waals surface area contributed by atoms with Crippen molar-refractivity contribution < 1.29 is 23.8 Å². The first-order chi connectivity index (χ1) is 15.4. The monoisotopic (exact) mass is 470 g/mol. The first kappa shape index (κ1) is 22.3. The van der Waals surface area contributed by atoms with E-state index in [0.29, 0.717) is 21.4 Å². The zero-order chi connectivity index (χ0) is 22.8. The second-order valence-electron chi connectivity index (χ2n) is 7.45. The molecule has 0 saturated carbocycles. The minimum absolute atomic E-state index is 0.0908. The first-order valence-electron chi connectivity index (χ1n) is 10.1. The molecule has 0 spiro atoms. The molecule has 2 aliphatic rings. The fourth-order valence-corrected chi connectivity index (χ4v) is 4.85. The summed E-state index contributed by atoms with van der Waals surface area (Å²) in [6.07, 6.45) is 4.14. The Hall–Kier alpha value is -2.91. The molecule has 166 valence electrons. The molecule has 3 heterocycles. The summed E-state index contributed by atoms with van der Waals surface area (Å²) in [6, 6.07) is 8.68. The second-order valence-corrected chi connectivity index (χ2v) is 9.13. The van der Waals surface area contributed by atoms with Crippen molar-refractivity contribution in [2.45, 2.75) is 26.3 Å². The number of hydrogen-bond donors (Lipinski definition) is 0. The standard InChI is InChI=1S/C23H22N2O5S2/c1-4-13(2)20(22(27)28-3)25-21(26)19(32-23(25)31)9-14-5-7-16(24-11-14)15-6-8-17-18(10-15)30-12-29-17/h5-11,13,20H,4,12H2,1-3H3. The number of ether oxygens (including phenoxy) is 3. The van der Waals surface area contributed by atoms with Crippen LogP contribution in [0.4, 0.5) is 0 Å². The van der Waals surface area contributed by atoms with Gasteiger partial charge in [0, 0.05) is 11.8 Å². The highest BCUT2D eigenvalue weighted by Gasteiger charge is 2.43. The average Bonchev–Trinajstić information content (AvgIpc) is 3.38. The fraction of sp³-hybridized carbons (Fsp3) is 0.304.